The summed E-state index contributed by atoms with van der Waals surface area (Å²) in [5.74, 6) is 1.10. The lowest BCUT2D eigenvalue weighted by Crippen LogP contribution is -2.29. The van der Waals surface area contributed by atoms with Gasteiger partial charge in [0.15, 0.2) is 6.19 Å². The lowest BCUT2D eigenvalue weighted by atomic mass is 10.0. The summed E-state index contributed by atoms with van der Waals surface area (Å²) in [6.07, 6.45) is 8.06. The van der Waals surface area contributed by atoms with Gasteiger partial charge in [-0.3, -0.25) is 15.1 Å². The molecule has 3 rings (SSSR count). The maximum atomic E-state index is 13.2. The number of nitrogens with one attached hydrogen (secondary N) is 2. The molecule has 2 aromatic rings. The summed E-state index contributed by atoms with van der Waals surface area (Å²) in [4.78, 5) is 22.9. The summed E-state index contributed by atoms with van der Waals surface area (Å²) in [7, 11) is 3.10. The smallest absolute Gasteiger partial charge is 0.261 e. The molecule has 1 aromatic carbocycles. The van der Waals surface area contributed by atoms with Crippen LogP contribution in [0.15, 0.2) is 41.5 Å². The Morgan fingerprint density at radius 3 is 2.71 bits per heavy atom. The summed E-state index contributed by atoms with van der Waals surface area (Å²) < 4.78 is 24.0. The minimum absolute atomic E-state index is 0.0600. The minimum Gasteiger partial charge on any atom is -0.496 e. The van der Waals surface area contributed by atoms with Gasteiger partial charge in [-0.05, 0) is 43.4 Å². The molecule has 10 heteroatoms. The lowest BCUT2D eigenvalue weighted by molar-refractivity contribution is 0.0779. The van der Waals surface area contributed by atoms with E-state index in [1.165, 1.54) is 12.3 Å². The monoisotopic (exact) mass is 482 g/mol. The van der Waals surface area contributed by atoms with Crippen molar-refractivity contribution in [1.29, 1.82) is 5.26 Å². The lowest BCUT2D eigenvalue weighted by Gasteiger charge is -2.20. The highest BCUT2D eigenvalue weighted by atomic mass is 19.1. The van der Waals surface area contributed by atoms with E-state index < -0.39 is 5.95 Å². The van der Waals surface area contributed by atoms with Gasteiger partial charge < -0.3 is 19.7 Å². The molecule has 9 nitrogen and oxygen atoms in total. The van der Waals surface area contributed by atoms with E-state index >= 15 is 0 Å². The van der Waals surface area contributed by atoms with Gasteiger partial charge in [-0.2, -0.15) is 9.65 Å². The van der Waals surface area contributed by atoms with Gasteiger partial charge in [0.25, 0.3) is 5.91 Å². The Balaban J connectivity index is 1.42. The van der Waals surface area contributed by atoms with E-state index in [1.54, 1.807) is 38.5 Å². The number of hydrogen-bond donors (Lipinski definition) is 2. The molecular formula is C25H31FN6O3. The molecule has 1 aliphatic heterocycles. The maximum Gasteiger partial charge on any atom is 0.261 e. The Kier molecular flexibility index (Phi) is 9.66. The first-order valence-corrected chi connectivity index (χ1v) is 11.6. The van der Waals surface area contributed by atoms with Gasteiger partial charge in [0.2, 0.25) is 11.9 Å². The van der Waals surface area contributed by atoms with Crippen LogP contribution in [0.3, 0.4) is 0 Å². The number of benzene rings is 1. The second-order valence-corrected chi connectivity index (χ2v) is 8.25. The van der Waals surface area contributed by atoms with Crippen LogP contribution in [-0.2, 0) is 0 Å². The fraction of sp³-hybridized carbons (Fsp3) is 0.440. The zero-order chi connectivity index (χ0) is 25.0. The number of rotatable bonds is 10. The number of unbranched alkanes of at least 4 members (excludes halogenated alkanes) is 2. The highest BCUT2D eigenvalue weighted by Gasteiger charge is 2.30. The average Bonchev–Trinajstić information content (AvgIpc) is 3.34. The van der Waals surface area contributed by atoms with Gasteiger partial charge in [0, 0.05) is 37.6 Å². The van der Waals surface area contributed by atoms with Gasteiger partial charge in [-0.15, -0.1) is 0 Å². The molecule has 186 valence electrons. The highest BCUT2D eigenvalue weighted by molar-refractivity contribution is 6.00. The zero-order valence-corrected chi connectivity index (χ0v) is 20.1. The molecule has 1 aliphatic rings. The number of carbonyl (C=O) groups is 1. The predicted molar refractivity (Wildman–Crippen MR) is 131 cm³/mol. The third-order valence-corrected chi connectivity index (χ3v) is 5.92. The molecule has 1 saturated heterocycles. The van der Waals surface area contributed by atoms with Crippen LogP contribution >= 0.6 is 0 Å². The first-order chi connectivity index (χ1) is 17.0. The van der Waals surface area contributed by atoms with E-state index in [0.717, 1.165) is 45.2 Å². The number of methoxy groups -OCH3 is 2. The molecule has 0 spiro atoms. The number of aromatic nitrogens is 1. The number of carbonyl (C=O) groups excluding carboxylic acids is 1. The topological polar surface area (TPSA) is 112 Å². The maximum absolute atomic E-state index is 13.2. The normalized spacial score (nSPS) is 15.4. The molecule has 35 heavy (non-hydrogen) atoms. The van der Waals surface area contributed by atoms with Crippen molar-refractivity contribution in [2.24, 2.45) is 10.9 Å². The van der Waals surface area contributed by atoms with Crippen molar-refractivity contribution in [1.82, 2.24) is 15.2 Å². The molecule has 2 heterocycles. The SMILES string of the molecule is COc1cccc(OC)c1C(=O)N1CCC(CCCCCN=C(NC#N)Nc2ccnc(F)c2)C1. The van der Waals surface area contributed by atoms with Crippen molar-refractivity contribution in [3.05, 3.63) is 48.0 Å². The molecule has 0 bridgehead atoms. The van der Waals surface area contributed by atoms with Crippen LogP contribution in [0.4, 0.5) is 10.1 Å². The number of guanidine groups is 1. The van der Waals surface area contributed by atoms with Crippen LogP contribution in [0, 0.1) is 23.3 Å². The van der Waals surface area contributed by atoms with Gasteiger partial charge in [0.05, 0.1) is 14.2 Å². The Morgan fingerprint density at radius 2 is 2.03 bits per heavy atom. The van der Waals surface area contributed by atoms with Crippen molar-refractivity contribution in [2.45, 2.75) is 32.1 Å². The van der Waals surface area contributed by atoms with E-state index in [0.29, 0.717) is 35.2 Å². The standard InChI is InChI=1S/C25H31FN6O3/c1-34-20-8-6-9-21(35-2)23(20)24(33)32-14-11-18(16-32)7-4-3-5-12-29-25(30-17-27)31-19-10-13-28-22(26)15-19/h6,8-10,13,15,18H,3-5,7,11-12,14,16H2,1-2H3,(H2,28,29,30,31). The van der Waals surface area contributed by atoms with Crippen LogP contribution in [-0.4, -0.2) is 55.6 Å². The Morgan fingerprint density at radius 1 is 1.26 bits per heavy atom. The first kappa shape index (κ1) is 25.7. The number of likely N-dealkylation sites (tertiary alicyclic amines) is 1. The van der Waals surface area contributed by atoms with Crippen molar-refractivity contribution in [2.75, 3.05) is 39.2 Å². The van der Waals surface area contributed by atoms with Gasteiger partial charge in [0.1, 0.15) is 17.1 Å². The molecular weight excluding hydrogens is 451 g/mol. The number of anilines is 1. The molecule has 0 aliphatic carbocycles. The molecule has 0 radical (unpaired) electrons. The third-order valence-electron chi connectivity index (χ3n) is 5.92. The average molecular weight is 483 g/mol. The quantitative estimate of drug-likeness (QED) is 0.132. The summed E-state index contributed by atoms with van der Waals surface area (Å²) in [5.41, 5.74) is 0.936. The number of amides is 1. The van der Waals surface area contributed by atoms with Gasteiger partial charge >= 0.3 is 0 Å². The summed E-state index contributed by atoms with van der Waals surface area (Å²) in [6.45, 7) is 1.98. The van der Waals surface area contributed by atoms with Crippen LogP contribution in [0.2, 0.25) is 0 Å². The summed E-state index contributed by atoms with van der Waals surface area (Å²) >= 11 is 0. The minimum atomic E-state index is -0.611. The number of ether oxygens (including phenoxy) is 2. The largest absolute Gasteiger partial charge is 0.496 e. The van der Waals surface area contributed by atoms with Gasteiger partial charge in [-0.1, -0.05) is 18.9 Å². The van der Waals surface area contributed by atoms with Crippen LogP contribution in [0.5, 0.6) is 11.5 Å². The van der Waals surface area contributed by atoms with E-state index in [9.17, 15) is 9.18 Å². The molecule has 1 unspecified atom stereocenters. The van der Waals surface area contributed by atoms with Crippen LogP contribution in [0.25, 0.3) is 0 Å². The fourth-order valence-electron chi connectivity index (χ4n) is 4.17. The number of halogens is 1. The van der Waals surface area contributed by atoms with Gasteiger partial charge in [-0.25, -0.2) is 4.98 Å². The molecule has 1 aromatic heterocycles. The number of pyridine rings is 1. The van der Waals surface area contributed by atoms with Crippen molar-refractivity contribution in [3.8, 4) is 17.7 Å². The van der Waals surface area contributed by atoms with E-state index in [4.69, 9.17) is 14.7 Å². The second kappa shape index (κ2) is 13.1. The molecule has 0 saturated carbocycles. The second-order valence-electron chi connectivity index (χ2n) is 8.25. The molecule has 2 N–H and O–H groups in total. The van der Waals surface area contributed by atoms with Crippen LogP contribution < -0.4 is 20.1 Å². The molecule has 1 fully saturated rings. The van der Waals surface area contributed by atoms with Crippen molar-refractivity contribution in [3.63, 3.8) is 0 Å². The third kappa shape index (κ3) is 7.30. The Labute approximate surface area is 205 Å². The van der Waals surface area contributed by atoms with E-state index in [-0.39, 0.29) is 11.9 Å². The fourth-order valence-corrected chi connectivity index (χ4v) is 4.17. The van der Waals surface area contributed by atoms with Crippen molar-refractivity contribution >= 4 is 17.6 Å². The molecule has 1 atom stereocenters. The van der Waals surface area contributed by atoms with Crippen molar-refractivity contribution < 1.29 is 18.7 Å². The zero-order valence-electron chi connectivity index (χ0n) is 20.1. The first-order valence-electron chi connectivity index (χ1n) is 11.6. The molecule has 1 amide bonds. The highest BCUT2D eigenvalue weighted by Crippen LogP contribution is 2.32. The van der Waals surface area contributed by atoms with E-state index in [2.05, 4.69) is 20.6 Å². The predicted octanol–water partition coefficient (Wildman–Crippen LogP) is 3.80. The number of aliphatic imine (C=N–C) groups is 1. The number of nitriles is 1. The number of nitrogens with zero attached hydrogens (tertiary/aromatic N) is 4. The number of hydrogen-bond acceptors (Lipinski definition) is 6. The Bertz CT molecular complexity index is 1050. The summed E-state index contributed by atoms with van der Waals surface area (Å²) in [6, 6.07) is 8.17. The summed E-state index contributed by atoms with van der Waals surface area (Å²) in [5, 5.41) is 14.3. The Hall–Kier alpha value is -3.87. The van der Waals surface area contributed by atoms with Crippen LogP contribution in [0.1, 0.15) is 42.5 Å². The van der Waals surface area contributed by atoms with E-state index in [1.807, 2.05) is 11.1 Å².